The van der Waals surface area contributed by atoms with Gasteiger partial charge in [-0.25, -0.2) is 13.2 Å². The van der Waals surface area contributed by atoms with Crippen molar-refractivity contribution in [2.24, 2.45) is 0 Å². The average Bonchev–Trinajstić information content (AvgIpc) is 2.35. The topological polar surface area (TPSA) is 9.23 Å². The predicted molar refractivity (Wildman–Crippen MR) is 62.3 cm³/mol. The molecule has 0 aliphatic heterocycles. The summed E-state index contributed by atoms with van der Waals surface area (Å²) in [5.41, 5.74) is -3.47. The number of halogens is 8. The highest BCUT2D eigenvalue weighted by atomic mass is 19.4. The molecule has 0 unspecified atom stereocenters. The Morgan fingerprint density at radius 3 is 1.74 bits per heavy atom. The molecule has 0 saturated carbocycles. The fourth-order valence-corrected chi connectivity index (χ4v) is 1.78. The fraction of sp³-hybridized carbons (Fsp3) is 0.143. The number of hydrogen-bond donors (Lipinski definition) is 0. The molecule has 2 aromatic carbocycles. The maximum atomic E-state index is 13.8. The van der Waals surface area contributed by atoms with Gasteiger partial charge in [-0.1, -0.05) is 12.1 Å². The molecule has 0 amide bonds. The van der Waals surface area contributed by atoms with Gasteiger partial charge in [0.2, 0.25) is 0 Å². The number of alkyl halides is 5. The summed E-state index contributed by atoms with van der Waals surface area (Å²) < 4.78 is 109. The summed E-state index contributed by atoms with van der Waals surface area (Å²) in [6, 6.07) is 3.42. The summed E-state index contributed by atoms with van der Waals surface area (Å²) in [5, 5.41) is 0. The average molecular weight is 342 g/mol. The van der Waals surface area contributed by atoms with Gasteiger partial charge in [-0.3, -0.25) is 0 Å². The largest absolute Gasteiger partial charge is 0.429 e. The van der Waals surface area contributed by atoms with Crippen LogP contribution >= 0.6 is 0 Å². The summed E-state index contributed by atoms with van der Waals surface area (Å²) in [6.07, 6.45) is -9.69. The zero-order chi connectivity index (χ0) is 17.4. The predicted octanol–water partition coefficient (Wildman–Crippen LogP) is 5.25. The van der Waals surface area contributed by atoms with Crippen LogP contribution in [-0.2, 0) is 12.3 Å². The van der Waals surface area contributed by atoms with Crippen LogP contribution in [0.5, 0.6) is 5.75 Å². The summed E-state index contributed by atoms with van der Waals surface area (Å²) in [4.78, 5) is 0. The Kier molecular flexibility index (Phi) is 4.23. The molecule has 0 radical (unpaired) electrons. The van der Waals surface area contributed by atoms with Crippen LogP contribution in [0.2, 0.25) is 0 Å². The maximum Gasteiger partial charge on any atom is 0.429 e. The lowest BCUT2D eigenvalue weighted by atomic mass is 10.1. The smallest absolute Gasteiger partial charge is 0.429 e. The Morgan fingerprint density at radius 1 is 0.739 bits per heavy atom. The van der Waals surface area contributed by atoms with Gasteiger partial charge in [0.1, 0.15) is 28.8 Å². The Hall–Kier alpha value is -2.32. The second kappa shape index (κ2) is 5.71. The van der Waals surface area contributed by atoms with E-state index < -0.39 is 46.6 Å². The zero-order valence-electron chi connectivity index (χ0n) is 10.9. The normalized spacial score (nSPS) is 12.3. The zero-order valence-corrected chi connectivity index (χ0v) is 10.9. The Bertz CT molecular complexity index is 700. The standard InChI is InChI=1S/C14H6F8O/c15-9-4-2-1-3-8(9)14(21,22)23-7-5-10(16)12(11(17)6-7)13(18,19)20/h1-6H. The van der Waals surface area contributed by atoms with E-state index in [1.807, 2.05) is 0 Å². The minimum atomic E-state index is -5.35. The van der Waals surface area contributed by atoms with Crippen LogP contribution < -0.4 is 4.74 Å². The highest BCUT2D eigenvalue weighted by Gasteiger charge is 2.40. The third kappa shape index (κ3) is 3.54. The Morgan fingerprint density at radius 2 is 1.26 bits per heavy atom. The van der Waals surface area contributed by atoms with Crippen molar-refractivity contribution >= 4 is 0 Å². The van der Waals surface area contributed by atoms with Crippen molar-refractivity contribution < 1.29 is 39.9 Å². The van der Waals surface area contributed by atoms with Crippen LogP contribution in [0.25, 0.3) is 0 Å². The molecular weight excluding hydrogens is 336 g/mol. The van der Waals surface area contributed by atoms with Crippen molar-refractivity contribution in [1.82, 2.24) is 0 Å². The quantitative estimate of drug-likeness (QED) is 0.692. The Balaban J connectivity index is 2.39. The van der Waals surface area contributed by atoms with Gasteiger partial charge in [0.15, 0.2) is 0 Å². The van der Waals surface area contributed by atoms with E-state index >= 15 is 0 Å². The van der Waals surface area contributed by atoms with E-state index in [9.17, 15) is 35.1 Å². The molecule has 0 bridgehead atoms. The highest BCUT2D eigenvalue weighted by Crippen LogP contribution is 2.38. The molecule has 0 aliphatic carbocycles. The minimum Gasteiger partial charge on any atom is -0.429 e. The summed E-state index contributed by atoms with van der Waals surface area (Å²) in [7, 11) is 0. The molecule has 0 atom stereocenters. The molecule has 0 spiro atoms. The summed E-state index contributed by atoms with van der Waals surface area (Å²) >= 11 is 0. The molecule has 0 N–H and O–H groups in total. The molecule has 0 fully saturated rings. The number of benzene rings is 2. The number of rotatable bonds is 3. The van der Waals surface area contributed by atoms with Gasteiger partial charge in [0.05, 0.1) is 5.56 Å². The van der Waals surface area contributed by atoms with Crippen molar-refractivity contribution in [3.63, 3.8) is 0 Å². The SMILES string of the molecule is Fc1ccccc1C(F)(F)Oc1cc(F)c(C(F)(F)F)c(F)c1. The highest BCUT2D eigenvalue weighted by molar-refractivity contribution is 5.33. The third-order valence-corrected chi connectivity index (χ3v) is 2.73. The third-order valence-electron chi connectivity index (χ3n) is 2.73. The second-order valence-corrected chi connectivity index (χ2v) is 4.36. The van der Waals surface area contributed by atoms with Crippen LogP contribution in [0.3, 0.4) is 0 Å². The molecule has 1 nitrogen and oxygen atoms in total. The van der Waals surface area contributed by atoms with Crippen molar-refractivity contribution in [2.75, 3.05) is 0 Å². The van der Waals surface area contributed by atoms with E-state index in [0.717, 1.165) is 12.1 Å². The van der Waals surface area contributed by atoms with E-state index in [-0.39, 0.29) is 12.1 Å². The van der Waals surface area contributed by atoms with Crippen molar-refractivity contribution in [1.29, 1.82) is 0 Å². The van der Waals surface area contributed by atoms with Gasteiger partial charge >= 0.3 is 12.3 Å². The van der Waals surface area contributed by atoms with Crippen LogP contribution in [0.1, 0.15) is 11.1 Å². The van der Waals surface area contributed by atoms with E-state index in [0.29, 0.717) is 12.1 Å². The van der Waals surface area contributed by atoms with E-state index in [1.54, 1.807) is 0 Å². The molecule has 0 aliphatic rings. The number of ether oxygens (including phenoxy) is 1. The molecule has 0 saturated heterocycles. The van der Waals surface area contributed by atoms with Gasteiger partial charge in [-0.05, 0) is 12.1 Å². The Labute approximate surface area is 124 Å². The van der Waals surface area contributed by atoms with Crippen LogP contribution in [0.4, 0.5) is 35.1 Å². The van der Waals surface area contributed by atoms with Crippen LogP contribution in [-0.4, -0.2) is 0 Å². The minimum absolute atomic E-state index is 0.0549. The van der Waals surface area contributed by atoms with E-state index in [1.165, 1.54) is 0 Å². The summed E-state index contributed by atoms with van der Waals surface area (Å²) in [5.74, 6) is -6.83. The van der Waals surface area contributed by atoms with E-state index in [2.05, 4.69) is 4.74 Å². The van der Waals surface area contributed by atoms with Gasteiger partial charge < -0.3 is 4.74 Å². The van der Waals surface area contributed by atoms with Crippen LogP contribution in [0, 0.1) is 17.5 Å². The molecular formula is C14H6F8O. The van der Waals surface area contributed by atoms with Gasteiger partial charge in [0, 0.05) is 12.1 Å². The fourth-order valence-electron chi connectivity index (χ4n) is 1.78. The lowest BCUT2D eigenvalue weighted by Gasteiger charge is -2.19. The molecule has 2 rings (SSSR count). The lowest BCUT2D eigenvalue weighted by Crippen LogP contribution is -2.24. The van der Waals surface area contributed by atoms with Gasteiger partial charge in [0.25, 0.3) is 0 Å². The van der Waals surface area contributed by atoms with Crippen LogP contribution in [0.15, 0.2) is 36.4 Å². The summed E-state index contributed by atoms with van der Waals surface area (Å²) in [6.45, 7) is 0. The first-order chi connectivity index (χ1) is 10.5. The second-order valence-electron chi connectivity index (χ2n) is 4.36. The van der Waals surface area contributed by atoms with Crippen molar-refractivity contribution in [2.45, 2.75) is 12.3 Å². The molecule has 0 heterocycles. The van der Waals surface area contributed by atoms with Gasteiger partial charge in [-0.2, -0.15) is 22.0 Å². The first-order valence-electron chi connectivity index (χ1n) is 5.90. The van der Waals surface area contributed by atoms with Gasteiger partial charge in [-0.15, -0.1) is 0 Å². The molecule has 124 valence electrons. The first kappa shape index (κ1) is 17.0. The number of hydrogen-bond acceptors (Lipinski definition) is 1. The monoisotopic (exact) mass is 342 g/mol. The van der Waals surface area contributed by atoms with E-state index in [4.69, 9.17) is 0 Å². The molecule has 9 heteroatoms. The maximum absolute atomic E-state index is 13.8. The lowest BCUT2D eigenvalue weighted by molar-refractivity contribution is -0.187. The van der Waals surface area contributed by atoms with Crippen molar-refractivity contribution in [3.05, 3.63) is 65.0 Å². The molecule has 23 heavy (non-hydrogen) atoms. The first-order valence-corrected chi connectivity index (χ1v) is 5.90. The molecule has 2 aromatic rings. The van der Waals surface area contributed by atoms with Crippen molar-refractivity contribution in [3.8, 4) is 5.75 Å². The molecule has 0 aromatic heterocycles.